The third-order valence-electron chi connectivity index (χ3n) is 5.67. The largest absolute Gasteiger partial charge is 0.467 e. The number of carbonyl (C=O) groups excluding carboxylic acids is 2. The van der Waals surface area contributed by atoms with Crippen molar-refractivity contribution in [1.82, 2.24) is 14.9 Å². The molecular formula is C23H26N4O3S. The Morgan fingerprint density at radius 3 is 2.74 bits per heavy atom. The highest BCUT2D eigenvalue weighted by atomic mass is 32.1. The first-order valence-corrected chi connectivity index (χ1v) is 11.5. The predicted molar refractivity (Wildman–Crippen MR) is 119 cm³/mol. The Morgan fingerprint density at radius 1 is 1.23 bits per heavy atom. The molecule has 0 aliphatic heterocycles. The van der Waals surface area contributed by atoms with Crippen LogP contribution >= 0.6 is 11.5 Å². The van der Waals surface area contributed by atoms with E-state index in [4.69, 9.17) is 4.42 Å². The van der Waals surface area contributed by atoms with Crippen molar-refractivity contribution in [1.29, 1.82) is 0 Å². The summed E-state index contributed by atoms with van der Waals surface area (Å²) in [6, 6.07) is 10.3. The summed E-state index contributed by atoms with van der Waals surface area (Å²) in [6.45, 7) is 2.05. The van der Waals surface area contributed by atoms with E-state index in [1.54, 1.807) is 17.5 Å². The molecule has 1 aliphatic carbocycles. The first kappa shape index (κ1) is 21.2. The van der Waals surface area contributed by atoms with Crippen LogP contribution in [0.2, 0.25) is 0 Å². The van der Waals surface area contributed by atoms with Gasteiger partial charge in [-0.25, -0.2) is 0 Å². The molecule has 0 saturated heterocycles. The van der Waals surface area contributed by atoms with E-state index >= 15 is 0 Å². The van der Waals surface area contributed by atoms with Crippen LogP contribution in [-0.4, -0.2) is 27.4 Å². The van der Waals surface area contributed by atoms with Crippen LogP contribution in [0, 0.1) is 0 Å². The molecule has 2 heterocycles. The number of aryl methyl sites for hydroxylation is 1. The Balaban J connectivity index is 1.75. The zero-order valence-electron chi connectivity index (χ0n) is 17.5. The van der Waals surface area contributed by atoms with Crippen LogP contribution in [-0.2, 0) is 11.2 Å². The first-order chi connectivity index (χ1) is 15.2. The van der Waals surface area contributed by atoms with Gasteiger partial charge in [0.05, 0.1) is 6.26 Å². The standard InChI is InChI=1S/C23H26N4O3S/c1-2-16-8-6-11-18(14-16)27(23(29)19-15-31-26-25-19)21(20-12-7-13-30-20)22(28)24-17-9-4-3-5-10-17/h6-8,11-15,17,21H,2-5,9-10H2,1H3,(H,24,28)/t21-/m0/s1. The van der Waals surface area contributed by atoms with Gasteiger partial charge in [0.2, 0.25) is 0 Å². The molecule has 3 aromatic rings. The summed E-state index contributed by atoms with van der Waals surface area (Å²) in [7, 11) is 0. The van der Waals surface area contributed by atoms with E-state index < -0.39 is 6.04 Å². The topological polar surface area (TPSA) is 88.3 Å². The van der Waals surface area contributed by atoms with Gasteiger partial charge in [0.1, 0.15) is 5.76 Å². The van der Waals surface area contributed by atoms with Crippen molar-refractivity contribution in [3.05, 3.63) is 65.1 Å². The number of amides is 2. The molecule has 1 atom stereocenters. The lowest BCUT2D eigenvalue weighted by atomic mass is 9.95. The van der Waals surface area contributed by atoms with Gasteiger partial charge in [-0.3, -0.25) is 14.5 Å². The molecule has 1 N–H and O–H groups in total. The second-order valence-electron chi connectivity index (χ2n) is 7.75. The van der Waals surface area contributed by atoms with Crippen LogP contribution in [0.25, 0.3) is 0 Å². The Labute approximate surface area is 185 Å². The van der Waals surface area contributed by atoms with Crippen molar-refractivity contribution < 1.29 is 14.0 Å². The number of nitrogens with zero attached hydrogens (tertiary/aromatic N) is 3. The second kappa shape index (κ2) is 9.87. The molecule has 0 unspecified atom stereocenters. The van der Waals surface area contributed by atoms with E-state index in [-0.39, 0.29) is 23.6 Å². The molecule has 8 heteroatoms. The predicted octanol–water partition coefficient (Wildman–Crippen LogP) is 4.53. The van der Waals surface area contributed by atoms with Crippen LogP contribution in [0.5, 0.6) is 0 Å². The molecular weight excluding hydrogens is 412 g/mol. The van der Waals surface area contributed by atoms with Gasteiger partial charge in [-0.2, -0.15) is 0 Å². The van der Waals surface area contributed by atoms with Crippen LogP contribution < -0.4 is 10.2 Å². The lowest BCUT2D eigenvalue weighted by Crippen LogP contribution is -2.47. The Bertz CT molecular complexity index is 998. The minimum absolute atomic E-state index is 0.110. The molecule has 0 spiro atoms. The summed E-state index contributed by atoms with van der Waals surface area (Å²) in [4.78, 5) is 28.6. The van der Waals surface area contributed by atoms with Gasteiger partial charge in [-0.15, -0.1) is 5.10 Å². The van der Waals surface area contributed by atoms with Gasteiger partial charge in [0, 0.05) is 17.1 Å². The number of nitrogens with one attached hydrogen (secondary N) is 1. The highest BCUT2D eigenvalue weighted by Crippen LogP contribution is 2.31. The highest BCUT2D eigenvalue weighted by Gasteiger charge is 2.37. The van der Waals surface area contributed by atoms with Gasteiger partial charge in [0.25, 0.3) is 11.8 Å². The number of furan rings is 1. The van der Waals surface area contributed by atoms with E-state index in [1.165, 1.54) is 17.6 Å². The molecule has 31 heavy (non-hydrogen) atoms. The van der Waals surface area contributed by atoms with Gasteiger partial charge < -0.3 is 9.73 Å². The molecule has 1 aromatic carbocycles. The highest BCUT2D eigenvalue weighted by molar-refractivity contribution is 7.03. The van der Waals surface area contributed by atoms with Crippen molar-refractivity contribution in [2.24, 2.45) is 0 Å². The minimum Gasteiger partial charge on any atom is -0.467 e. The Morgan fingerprint density at radius 2 is 2.06 bits per heavy atom. The SMILES string of the molecule is CCc1cccc(N(C(=O)c2csnn2)[C@H](C(=O)NC2CCCCC2)c2ccco2)c1. The van der Waals surface area contributed by atoms with E-state index in [9.17, 15) is 9.59 Å². The maximum absolute atomic E-state index is 13.6. The fourth-order valence-corrected chi connectivity index (χ4v) is 4.47. The lowest BCUT2D eigenvalue weighted by molar-refractivity contribution is -0.123. The van der Waals surface area contributed by atoms with E-state index in [0.717, 1.165) is 49.2 Å². The van der Waals surface area contributed by atoms with Gasteiger partial charge in [0.15, 0.2) is 11.7 Å². The summed E-state index contributed by atoms with van der Waals surface area (Å²) >= 11 is 1.10. The lowest BCUT2D eigenvalue weighted by Gasteiger charge is -2.31. The quantitative estimate of drug-likeness (QED) is 0.585. The van der Waals surface area contributed by atoms with Crippen molar-refractivity contribution in [3.8, 4) is 0 Å². The Kier molecular flexibility index (Phi) is 6.76. The average Bonchev–Trinajstić information content (AvgIpc) is 3.52. The number of anilines is 1. The molecule has 2 aromatic heterocycles. The molecule has 1 fully saturated rings. The molecule has 4 rings (SSSR count). The van der Waals surface area contributed by atoms with Gasteiger partial charge in [-0.1, -0.05) is 42.8 Å². The summed E-state index contributed by atoms with van der Waals surface area (Å²) < 4.78 is 9.48. The Hall–Kier alpha value is -3.00. The summed E-state index contributed by atoms with van der Waals surface area (Å²) in [5.41, 5.74) is 1.89. The second-order valence-corrected chi connectivity index (χ2v) is 8.36. The fourth-order valence-electron chi connectivity index (χ4n) is 4.04. The van der Waals surface area contributed by atoms with E-state index in [2.05, 4.69) is 21.8 Å². The van der Waals surface area contributed by atoms with Crippen LogP contribution in [0.1, 0.15) is 66.9 Å². The maximum atomic E-state index is 13.6. The van der Waals surface area contributed by atoms with Crippen molar-refractivity contribution >= 4 is 29.0 Å². The number of hydrogen-bond donors (Lipinski definition) is 1. The number of aromatic nitrogens is 2. The molecule has 2 amide bonds. The van der Waals surface area contributed by atoms with E-state index in [1.807, 2.05) is 24.3 Å². The monoisotopic (exact) mass is 438 g/mol. The molecule has 162 valence electrons. The number of benzene rings is 1. The number of hydrogen-bond acceptors (Lipinski definition) is 6. The minimum atomic E-state index is -0.946. The summed E-state index contributed by atoms with van der Waals surface area (Å²) in [5.74, 6) is -0.228. The molecule has 0 radical (unpaired) electrons. The summed E-state index contributed by atoms with van der Waals surface area (Å²) in [6.07, 6.45) is 7.63. The van der Waals surface area contributed by atoms with Crippen molar-refractivity contribution in [2.45, 2.75) is 57.5 Å². The fraction of sp³-hybridized carbons (Fsp3) is 0.391. The zero-order chi connectivity index (χ0) is 21.6. The zero-order valence-corrected chi connectivity index (χ0v) is 18.3. The maximum Gasteiger partial charge on any atom is 0.280 e. The molecule has 1 saturated carbocycles. The number of carbonyl (C=O) groups is 2. The van der Waals surface area contributed by atoms with Crippen LogP contribution in [0.15, 0.2) is 52.5 Å². The number of rotatable bonds is 7. The van der Waals surface area contributed by atoms with E-state index in [0.29, 0.717) is 11.4 Å². The van der Waals surface area contributed by atoms with Gasteiger partial charge in [-0.05, 0) is 60.6 Å². The smallest absolute Gasteiger partial charge is 0.280 e. The molecule has 1 aliphatic rings. The molecule has 7 nitrogen and oxygen atoms in total. The summed E-state index contributed by atoms with van der Waals surface area (Å²) in [5, 5.41) is 8.71. The van der Waals surface area contributed by atoms with Crippen LogP contribution in [0.3, 0.4) is 0 Å². The van der Waals surface area contributed by atoms with Crippen LogP contribution in [0.4, 0.5) is 5.69 Å². The third kappa shape index (κ3) is 4.85. The average molecular weight is 439 g/mol. The van der Waals surface area contributed by atoms with Crippen molar-refractivity contribution in [2.75, 3.05) is 4.90 Å². The molecule has 0 bridgehead atoms. The van der Waals surface area contributed by atoms with Gasteiger partial charge >= 0.3 is 0 Å². The third-order valence-corrected chi connectivity index (χ3v) is 6.17. The normalized spacial score (nSPS) is 15.4. The first-order valence-electron chi connectivity index (χ1n) is 10.7. The van der Waals surface area contributed by atoms with Crippen molar-refractivity contribution in [3.63, 3.8) is 0 Å².